The van der Waals surface area contributed by atoms with Crippen LogP contribution in [0.1, 0.15) is 16.9 Å². The van der Waals surface area contributed by atoms with E-state index in [4.69, 9.17) is 16.0 Å². The van der Waals surface area contributed by atoms with Crippen molar-refractivity contribution < 1.29 is 14.3 Å². The monoisotopic (exact) mass is 462 g/mol. The van der Waals surface area contributed by atoms with Gasteiger partial charge in [0, 0.05) is 9.92 Å². The van der Waals surface area contributed by atoms with Gasteiger partial charge in [0.25, 0.3) is 5.91 Å². The third kappa shape index (κ3) is 4.94. The van der Waals surface area contributed by atoms with Gasteiger partial charge in [0.15, 0.2) is 10.7 Å². The first-order valence-corrected chi connectivity index (χ1v) is 11.0. The van der Waals surface area contributed by atoms with Crippen molar-refractivity contribution in [2.24, 2.45) is 5.10 Å². The van der Waals surface area contributed by atoms with Crippen LogP contribution in [0.3, 0.4) is 0 Å². The summed E-state index contributed by atoms with van der Waals surface area (Å²) < 4.78 is 5.72. The third-order valence-corrected chi connectivity index (χ3v) is 5.88. The summed E-state index contributed by atoms with van der Waals surface area (Å²) in [4.78, 5) is 14.0. The number of carbonyl (C=O) groups is 1. The molecule has 0 saturated carbocycles. The molecule has 4 rings (SSSR count). The number of amides is 1. The number of hydrogen-bond acceptors (Lipinski definition) is 5. The molecule has 32 heavy (non-hydrogen) atoms. The van der Waals surface area contributed by atoms with Crippen LogP contribution in [0.25, 0.3) is 0 Å². The molecule has 0 spiro atoms. The van der Waals surface area contributed by atoms with Crippen LogP contribution in [-0.4, -0.2) is 17.2 Å². The lowest BCUT2D eigenvalue weighted by molar-refractivity contribution is -0.136. The van der Waals surface area contributed by atoms with E-state index < -0.39 is 11.5 Å². The highest BCUT2D eigenvalue weighted by Crippen LogP contribution is 2.31. The van der Waals surface area contributed by atoms with Crippen molar-refractivity contribution in [1.29, 1.82) is 0 Å². The van der Waals surface area contributed by atoms with Gasteiger partial charge in [-0.1, -0.05) is 84.0 Å². The number of aliphatic hydroxyl groups is 1. The number of nitrogens with one attached hydrogen (secondary N) is 1. The SMILES string of the molecule is O=C(N/N=C\c1ccc(Sc2ccc(Cl)cc2)o1)C(O)(c1ccccc1)c1ccccc1. The lowest BCUT2D eigenvalue weighted by atomic mass is 9.85. The van der Waals surface area contributed by atoms with E-state index in [9.17, 15) is 9.90 Å². The second-order valence-corrected chi connectivity index (χ2v) is 8.37. The zero-order valence-corrected chi connectivity index (χ0v) is 18.4. The summed E-state index contributed by atoms with van der Waals surface area (Å²) in [6.45, 7) is 0. The molecule has 0 saturated heterocycles. The van der Waals surface area contributed by atoms with Crippen LogP contribution in [0, 0.1) is 0 Å². The number of nitrogens with zero attached hydrogens (tertiary/aromatic N) is 1. The number of furan rings is 1. The minimum atomic E-state index is -1.89. The predicted molar refractivity (Wildman–Crippen MR) is 126 cm³/mol. The van der Waals surface area contributed by atoms with Crippen molar-refractivity contribution in [1.82, 2.24) is 5.43 Å². The van der Waals surface area contributed by atoms with Gasteiger partial charge in [-0.25, -0.2) is 5.43 Å². The van der Waals surface area contributed by atoms with E-state index in [0.29, 0.717) is 27.0 Å². The molecule has 0 fully saturated rings. The summed E-state index contributed by atoms with van der Waals surface area (Å²) in [5, 5.41) is 16.7. The quantitative estimate of drug-likeness (QED) is 0.282. The van der Waals surface area contributed by atoms with Crippen LogP contribution >= 0.6 is 23.4 Å². The van der Waals surface area contributed by atoms with E-state index in [1.165, 1.54) is 18.0 Å². The first-order chi connectivity index (χ1) is 15.6. The Hall–Kier alpha value is -3.32. The number of benzene rings is 3. The van der Waals surface area contributed by atoms with Crippen molar-refractivity contribution in [3.8, 4) is 0 Å². The van der Waals surface area contributed by atoms with Crippen molar-refractivity contribution in [2.75, 3.05) is 0 Å². The second-order valence-electron chi connectivity index (χ2n) is 6.85. The molecule has 0 bridgehead atoms. The Labute approximate surface area is 194 Å². The summed E-state index contributed by atoms with van der Waals surface area (Å²) in [6, 6.07) is 28.5. The predicted octanol–water partition coefficient (Wildman–Crippen LogP) is 5.47. The Kier molecular flexibility index (Phi) is 6.75. The average molecular weight is 463 g/mol. The van der Waals surface area contributed by atoms with Gasteiger partial charge >= 0.3 is 0 Å². The molecular weight excluding hydrogens is 444 g/mol. The topological polar surface area (TPSA) is 74.8 Å². The first-order valence-electron chi connectivity index (χ1n) is 9.76. The zero-order valence-electron chi connectivity index (χ0n) is 16.8. The fourth-order valence-electron chi connectivity index (χ4n) is 3.10. The molecule has 1 heterocycles. The van der Waals surface area contributed by atoms with Gasteiger partial charge in [0.2, 0.25) is 0 Å². The summed E-state index contributed by atoms with van der Waals surface area (Å²) >= 11 is 7.35. The lowest BCUT2D eigenvalue weighted by Gasteiger charge is -2.26. The van der Waals surface area contributed by atoms with Crippen molar-refractivity contribution >= 4 is 35.5 Å². The molecule has 1 amide bonds. The van der Waals surface area contributed by atoms with Gasteiger partial charge in [0.05, 0.1) is 6.21 Å². The Balaban J connectivity index is 1.48. The molecule has 5 nitrogen and oxygen atoms in total. The molecule has 0 unspecified atom stereocenters. The van der Waals surface area contributed by atoms with Gasteiger partial charge in [-0.2, -0.15) is 5.10 Å². The highest BCUT2D eigenvalue weighted by molar-refractivity contribution is 7.99. The molecule has 2 N–H and O–H groups in total. The molecule has 0 aliphatic heterocycles. The van der Waals surface area contributed by atoms with Crippen LogP contribution in [0.5, 0.6) is 0 Å². The molecule has 0 aliphatic carbocycles. The summed E-state index contributed by atoms with van der Waals surface area (Å²) in [7, 11) is 0. The van der Waals surface area contributed by atoms with Gasteiger partial charge < -0.3 is 9.52 Å². The number of rotatable bonds is 7. The zero-order chi connectivity index (χ0) is 22.4. The van der Waals surface area contributed by atoms with Gasteiger partial charge in [0.1, 0.15) is 5.76 Å². The molecule has 160 valence electrons. The molecule has 0 atom stereocenters. The van der Waals surface area contributed by atoms with Crippen LogP contribution in [0.2, 0.25) is 5.02 Å². The smallest absolute Gasteiger partial charge is 0.281 e. The fraction of sp³-hybridized carbons (Fsp3) is 0.0400. The van der Waals surface area contributed by atoms with Crippen LogP contribution in [0.4, 0.5) is 0 Å². The minimum Gasteiger partial charge on any atom is -0.448 e. The van der Waals surface area contributed by atoms with Crippen molar-refractivity contribution in [3.05, 3.63) is 119 Å². The molecule has 7 heteroatoms. The van der Waals surface area contributed by atoms with Crippen molar-refractivity contribution in [2.45, 2.75) is 15.6 Å². The van der Waals surface area contributed by atoms with Gasteiger partial charge in [-0.15, -0.1) is 0 Å². The van der Waals surface area contributed by atoms with E-state index in [1.807, 2.05) is 42.5 Å². The van der Waals surface area contributed by atoms with E-state index in [-0.39, 0.29) is 0 Å². The van der Waals surface area contributed by atoms with E-state index >= 15 is 0 Å². The van der Waals surface area contributed by atoms with Crippen molar-refractivity contribution in [3.63, 3.8) is 0 Å². The van der Waals surface area contributed by atoms with Crippen LogP contribution in [-0.2, 0) is 10.4 Å². The van der Waals surface area contributed by atoms with E-state index in [1.54, 1.807) is 54.6 Å². The van der Waals surface area contributed by atoms with E-state index in [2.05, 4.69) is 10.5 Å². The fourth-order valence-corrected chi connectivity index (χ4v) is 4.00. The summed E-state index contributed by atoms with van der Waals surface area (Å²) in [5.41, 5.74) is 1.43. The molecule has 0 aliphatic rings. The Bertz CT molecular complexity index is 1170. The molecule has 3 aromatic carbocycles. The third-order valence-electron chi connectivity index (χ3n) is 4.70. The Morgan fingerprint density at radius 3 is 2.09 bits per heavy atom. The molecule has 1 aromatic heterocycles. The maximum absolute atomic E-state index is 13.0. The van der Waals surface area contributed by atoms with Crippen LogP contribution < -0.4 is 5.43 Å². The maximum Gasteiger partial charge on any atom is 0.281 e. The van der Waals surface area contributed by atoms with Crippen LogP contribution in [0.15, 0.2) is 117 Å². The number of hydrogen-bond donors (Lipinski definition) is 2. The standard InChI is InChI=1S/C25H19ClN2O3S/c26-20-11-14-22(15-12-20)32-23-16-13-21(31-23)17-27-28-24(29)25(30,18-7-3-1-4-8-18)19-9-5-2-6-10-19/h1-17,30H,(H,28,29)/b27-17-. The summed E-state index contributed by atoms with van der Waals surface area (Å²) in [5.74, 6) is -0.210. The van der Waals surface area contributed by atoms with E-state index in [0.717, 1.165) is 4.90 Å². The lowest BCUT2D eigenvalue weighted by Crippen LogP contribution is -2.43. The Morgan fingerprint density at radius 2 is 1.50 bits per heavy atom. The second kappa shape index (κ2) is 9.87. The molecular formula is C25H19ClN2O3S. The molecule has 4 aromatic rings. The average Bonchev–Trinajstić information content (AvgIpc) is 3.28. The normalized spacial score (nSPS) is 11.6. The molecule has 0 radical (unpaired) electrons. The highest BCUT2D eigenvalue weighted by Gasteiger charge is 2.39. The minimum absolute atomic E-state index is 0.443. The number of carbonyl (C=O) groups excluding carboxylic acids is 1. The largest absolute Gasteiger partial charge is 0.448 e. The number of hydrazone groups is 1. The van der Waals surface area contributed by atoms with Gasteiger partial charge in [-0.3, -0.25) is 4.79 Å². The Morgan fingerprint density at radius 1 is 0.906 bits per heavy atom. The highest BCUT2D eigenvalue weighted by atomic mass is 35.5. The summed E-state index contributed by atoms with van der Waals surface area (Å²) in [6.07, 6.45) is 1.39. The maximum atomic E-state index is 13.0. The number of halogens is 1. The first kappa shape index (κ1) is 21.9. The van der Waals surface area contributed by atoms with Gasteiger partial charge in [-0.05, 0) is 47.5 Å².